The van der Waals surface area contributed by atoms with Gasteiger partial charge in [0.05, 0.1) is 14.2 Å². The fourth-order valence-corrected chi connectivity index (χ4v) is 3.39. The Kier molecular flexibility index (Phi) is 11.0. The van der Waals surface area contributed by atoms with Crippen molar-refractivity contribution in [2.45, 2.75) is 45.2 Å². The second kappa shape index (κ2) is 12.4. The topological polar surface area (TPSA) is 49.3 Å². The minimum atomic E-state index is 0. The normalized spacial score (nSPS) is 14.1. The summed E-state index contributed by atoms with van der Waals surface area (Å²) in [5.74, 6) is 2.47. The summed E-state index contributed by atoms with van der Waals surface area (Å²) in [6.07, 6.45) is 3.61. The molecule has 0 unspecified atom stereocenters. The first-order valence-corrected chi connectivity index (χ1v) is 9.88. The summed E-state index contributed by atoms with van der Waals surface area (Å²) in [4.78, 5) is 9.19. The Morgan fingerprint density at radius 1 is 1.18 bits per heavy atom. The third kappa shape index (κ3) is 7.31. The van der Waals surface area contributed by atoms with Crippen LogP contribution in [0.2, 0.25) is 0 Å². The Balaban J connectivity index is 0.00000392. The fourth-order valence-electron chi connectivity index (χ4n) is 3.39. The number of likely N-dealkylation sites (N-methyl/N-ethyl adjacent to an activating group) is 1. The molecule has 0 atom stereocenters. The number of nitrogens with one attached hydrogen (secondary N) is 1. The van der Waals surface area contributed by atoms with Gasteiger partial charge in [0.2, 0.25) is 0 Å². The zero-order valence-corrected chi connectivity index (χ0v) is 20.5. The maximum Gasteiger partial charge on any atom is 0.193 e. The lowest BCUT2D eigenvalue weighted by Gasteiger charge is -2.28. The highest BCUT2D eigenvalue weighted by Crippen LogP contribution is 2.28. The van der Waals surface area contributed by atoms with E-state index in [9.17, 15) is 0 Å². The zero-order valence-electron chi connectivity index (χ0n) is 18.2. The van der Waals surface area contributed by atoms with Gasteiger partial charge in [-0.15, -0.1) is 24.0 Å². The van der Waals surface area contributed by atoms with Crippen molar-refractivity contribution in [1.29, 1.82) is 0 Å². The van der Waals surface area contributed by atoms with Gasteiger partial charge in [-0.2, -0.15) is 0 Å². The van der Waals surface area contributed by atoms with Crippen LogP contribution in [0.25, 0.3) is 0 Å². The van der Waals surface area contributed by atoms with Crippen LogP contribution < -0.4 is 14.8 Å². The third-order valence-corrected chi connectivity index (χ3v) is 5.09. The van der Waals surface area contributed by atoms with Gasteiger partial charge in [-0.1, -0.05) is 6.07 Å². The highest BCUT2D eigenvalue weighted by atomic mass is 127. The summed E-state index contributed by atoms with van der Waals surface area (Å²) in [6, 6.07) is 7.47. The Morgan fingerprint density at radius 2 is 1.86 bits per heavy atom. The molecule has 1 aromatic rings. The van der Waals surface area contributed by atoms with Gasteiger partial charge in [0, 0.05) is 45.8 Å². The van der Waals surface area contributed by atoms with Crippen molar-refractivity contribution in [3.63, 3.8) is 0 Å². The standard InChI is InChI=1S/C21H36N4O2.HI/c1-16(2)25(18-8-9-18)14-12-23-21(22-3)24(4)13-11-17-7-10-19(26-5)20(15-17)27-6;/h7,10,15-16,18H,8-9,11-14H2,1-6H3,(H,22,23);1H. The molecule has 1 fully saturated rings. The Bertz CT molecular complexity index is 618. The summed E-state index contributed by atoms with van der Waals surface area (Å²) in [5.41, 5.74) is 1.22. The number of benzene rings is 1. The number of hydrogen-bond donors (Lipinski definition) is 1. The highest BCUT2D eigenvalue weighted by molar-refractivity contribution is 14.0. The van der Waals surface area contributed by atoms with Crippen molar-refractivity contribution < 1.29 is 9.47 Å². The number of methoxy groups -OCH3 is 2. The van der Waals surface area contributed by atoms with Gasteiger partial charge < -0.3 is 19.7 Å². The van der Waals surface area contributed by atoms with Crippen LogP contribution in [0.3, 0.4) is 0 Å². The van der Waals surface area contributed by atoms with Crippen LogP contribution >= 0.6 is 24.0 Å². The summed E-state index contributed by atoms with van der Waals surface area (Å²) in [5, 5.41) is 3.50. The summed E-state index contributed by atoms with van der Waals surface area (Å²) in [7, 11) is 7.25. The van der Waals surface area contributed by atoms with Crippen molar-refractivity contribution in [2.24, 2.45) is 4.99 Å². The molecule has 160 valence electrons. The molecule has 2 rings (SSSR count). The van der Waals surface area contributed by atoms with Crippen LogP contribution in [0.5, 0.6) is 11.5 Å². The quantitative estimate of drug-likeness (QED) is 0.301. The van der Waals surface area contributed by atoms with Crippen molar-refractivity contribution in [2.75, 3.05) is 47.9 Å². The minimum Gasteiger partial charge on any atom is -0.493 e. The highest BCUT2D eigenvalue weighted by Gasteiger charge is 2.30. The molecule has 0 heterocycles. The van der Waals surface area contributed by atoms with Crippen LogP contribution in [0, 0.1) is 0 Å². The van der Waals surface area contributed by atoms with E-state index in [1.807, 2.05) is 19.2 Å². The van der Waals surface area contributed by atoms with Crippen molar-refractivity contribution in [3.05, 3.63) is 23.8 Å². The summed E-state index contributed by atoms with van der Waals surface area (Å²) >= 11 is 0. The molecule has 0 bridgehead atoms. The first-order valence-electron chi connectivity index (χ1n) is 9.88. The number of ether oxygens (including phenoxy) is 2. The lowest BCUT2D eigenvalue weighted by atomic mass is 10.1. The molecule has 1 aromatic carbocycles. The van der Waals surface area contributed by atoms with E-state index >= 15 is 0 Å². The largest absolute Gasteiger partial charge is 0.493 e. The van der Waals surface area contributed by atoms with Crippen molar-refractivity contribution in [1.82, 2.24) is 15.1 Å². The van der Waals surface area contributed by atoms with Crippen molar-refractivity contribution >= 4 is 29.9 Å². The molecule has 1 aliphatic carbocycles. The van der Waals surface area contributed by atoms with Gasteiger partial charge >= 0.3 is 0 Å². The molecule has 28 heavy (non-hydrogen) atoms. The van der Waals surface area contributed by atoms with Gasteiger partial charge in [0.25, 0.3) is 0 Å². The van der Waals surface area contributed by atoms with E-state index in [2.05, 4.69) is 47.1 Å². The van der Waals surface area contributed by atoms with E-state index in [4.69, 9.17) is 9.47 Å². The molecular formula is C21H37IN4O2. The molecule has 1 aliphatic rings. The number of rotatable bonds is 10. The van der Waals surface area contributed by atoms with Crippen LogP contribution in [-0.4, -0.2) is 75.8 Å². The molecule has 0 spiro atoms. The fraction of sp³-hybridized carbons (Fsp3) is 0.667. The van der Waals surface area contributed by atoms with Crippen LogP contribution in [-0.2, 0) is 6.42 Å². The Labute approximate surface area is 187 Å². The maximum absolute atomic E-state index is 5.39. The average Bonchev–Trinajstić information content (AvgIpc) is 3.50. The molecule has 0 radical (unpaired) electrons. The van der Waals surface area contributed by atoms with Crippen LogP contribution in [0.15, 0.2) is 23.2 Å². The molecular weight excluding hydrogens is 467 g/mol. The second-order valence-corrected chi connectivity index (χ2v) is 7.40. The lowest BCUT2D eigenvalue weighted by Crippen LogP contribution is -2.45. The molecule has 0 aromatic heterocycles. The molecule has 6 nitrogen and oxygen atoms in total. The van der Waals surface area contributed by atoms with E-state index in [0.29, 0.717) is 6.04 Å². The van der Waals surface area contributed by atoms with E-state index in [1.54, 1.807) is 14.2 Å². The number of aliphatic imine (C=N–C) groups is 1. The number of nitrogens with zero attached hydrogens (tertiary/aromatic N) is 3. The van der Waals surface area contributed by atoms with Crippen LogP contribution in [0.4, 0.5) is 0 Å². The molecule has 0 aliphatic heterocycles. The molecule has 1 N–H and O–H groups in total. The number of hydrogen-bond acceptors (Lipinski definition) is 4. The first-order chi connectivity index (χ1) is 13.0. The molecule has 1 saturated carbocycles. The van der Waals surface area contributed by atoms with E-state index in [1.165, 1.54) is 18.4 Å². The van der Waals surface area contributed by atoms with E-state index < -0.39 is 0 Å². The monoisotopic (exact) mass is 504 g/mol. The first kappa shape index (κ1) is 24.8. The molecule has 7 heteroatoms. The second-order valence-electron chi connectivity index (χ2n) is 7.40. The number of halogens is 1. The summed E-state index contributed by atoms with van der Waals surface area (Å²) in [6.45, 7) is 7.42. The molecule has 0 saturated heterocycles. The lowest BCUT2D eigenvalue weighted by molar-refractivity contribution is 0.214. The van der Waals surface area contributed by atoms with Gasteiger partial charge in [-0.3, -0.25) is 9.89 Å². The third-order valence-electron chi connectivity index (χ3n) is 5.09. The van der Waals surface area contributed by atoms with Crippen LogP contribution in [0.1, 0.15) is 32.3 Å². The predicted molar refractivity (Wildman–Crippen MR) is 128 cm³/mol. The Morgan fingerprint density at radius 3 is 2.39 bits per heavy atom. The van der Waals surface area contributed by atoms with E-state index in [0.717, 1.165) is 49.6 Å². The Hall–Kier alpha value is -1.22. The molecule has 0 amide bonds. The average molecular weight is 504 g/mol. The maximum atomic E-state index is 5.39. The number of guanidine groups is 1. The van der Waals surface area contributed by atoms with Gasteiger partial charge in [-0.05, 0) is 50.8 Å². The zero-order chi connectivity index (χ0) is 19.8. The van der Waals surface area contributed by atoms with Gasteiger partial charge in [0.1, 0.15) is 0 Å². The smallest absolute Gasteiger partial charge is 0.193 e. The SMILES string of the molecule is CN=C(NCCN(C(C)C)C1CC1)N(C)CCc1ccc(OC)c(OC)c1.I. The van der Waals surface area contributed by atoms with Gasteiger partial charge in [-0.25, -0.2) is 0 Å². The minimum absolute atomic E-state index is 0. The van der Waals surface area contributed by atoms with Gasteiger partial charge in [0.15, 0.2) is 17.5 Å². The van der Waals surface area contributed by atoms with Crippen molar-refractivity contribution in [3.8, 4) is 11.5 Å². The summed E-state index contributed by atoms with van der Waals surface area (Å²) < 4.78 is 10.7. The van der Waals surface area contributed by atoms with E-state index in [-0.39, 0.29) is 24.0 Å². The predicted octanol–water partition coefficient (Wildman–Crippen LogP) is 3.24.